The van der Waals surface area contributed by atoms with Crippen LogP contribution in [0.1, 0.15) is 36.3 Å². The number of aromatic nitrogens is 2. The number of amides is 2. The van der Waals surface area contributed by atoms with Crippen molar-refractivity contribution in [1.82, 2.24) is 14.7 Å². The Hall–Kier alpha value is -1.86. The topological polar surface area (TPSA) is 59.4 Å². The predicted octanol–water partition coefficient (Wildman–Crippen LogP) is 3.28. The summed E-state index contributed by atoms with van der Waals surface area (Å²) in [5.41, 5.74) is 0.765. The lowest BCUT2D eigenvalue weighted by Crippen LogP contribution is -2.44. The highest BCUT2D eigenvalue weighted by Gasteiger charge is 2.26. The van der Waals surface area contributed by atoms with Crippen LogP contribution in [0.5, 0.6) is 0 Å². The Balaban J connectivity index is 1.37. The van der Waals surface area contributed by atoms with E-state index in [9.17, 15) is 4.79 Å². The molecule has 0 aromatic carbocycles. The maximum absolute atomic E-state index is 12.5. The second-order valence-electron chi connectivity index (χ2n) is 6.04. The van der Waals surface area contributed by atoms with Crippen LogP contribution in [-0.2, 0) is 4.74 Å². The van der Waals surface area contributed by atoms with Crippen molar-refractivity contribution >= 4 is 23.1 Å². The first kappa shape index (κ1) is 14.7. The van der Waals surface area contributed by atoms with Crippen LogP contribution in [0.25, 0.3) is 0 Å². The standard InChI is InChI=1S/C16H20N4O2S/c21-16(18-12-9-17-20(10-12)13-3-1-4-13)19-6-7-22-14(11-19)15-5-2-8-23-15/h2,5,8-10,13-14H,1,3-4,6-7,11H2,(H,18,21). The number of hydrogen-bond acceptors (Lipinski definition) is 4. The van der Waals surface area contributed by atoms with Crippen molar-refractivity contribution in [2.75, 3.05) is 25.0 Å². The first-order chi connectivity index (χ1) is 11.3. The summed E-state index contributed by atoms with van der Waals surface area (Å²) in [6.07, 6.45) is 7.27. The minimum Gasteiger partial charge on any atom is -0.369 e. The third kappa shape index (κ3) is 3.11. The van der Waals surface area contributed by atoms with E-state index in [-0.39, 0.29) is 12.1 Å². The van der Waals surface area contributed by atoms with Crippen LogP contribution in [0.3, 0.4) is 0 Å². The number of anilines is 1. The van der Waals surface area contributed by atoms with E-state index in [0.29, 0.717) is 25.7 Å². The highest BCUT2D eigenvalue weighted by molar-refractivity contribution is 7.10. The Morgan fingerprint density at radius 2 is 2.35 bits per heavy atom. The molecule has 0 spiro atoms. The first-order valence-corrected chi connectivity index (χ1v) is 8.92. The normalized spacial score (nSPS) is 21.9. The lowest BCUT2D eigenvalue weighted by molar-refractivity contribution is -0.0115. The second-order valence-corrected chi connectivity index (χ2v) is 7.02. The van der Waals surface area contributed by atoms with E-state index in [0.717, 1.165) is 5.69 Å². The molecule has 23 heavy (non-hydrogen) atoms. The molecule has 1 saturated carbocycles. The van der Waals surface area contributed by atoms with Crippen molar-refractivity contribution < 1.29 is 9.53 Å². The summed E-state index contributed by atoms with van der Waals surface area (Å²) in [5.74, 6) is 0. The molecule has 6 nitrogen and oxygen atoms in total. The Morgan fingerprint density at radius 1 is 1.43 bits per heavy atom. The summed E-state index contributed by atoms with van der Waals surface area (Å²) >= 11 is 1.67. The summed E-state index contributed by atoms with van der Waals surface area (Å²) in [7, 11) is 0. The maximum atomic E-state index is 12.5. The molecule has 3 heterocycles. The lowest BCUT2D eigenvalue weighted by Gasteiger charge is -2.32. The number of carbonyl (C=O) groups excluding carboxylic acids is 1. The number of nitrogens with one attached hydrogen (secondary N) is 1. The van der Waals surface area contributed by atoms with Crippen LogP contribution >= 0.6 is 11.3 Å². The highest BCUT2D eigenvalue weighted by atomic mass is 32.1. The van der Waals surface area contributed by atoms with Gasteiger partial charge in [-0.1, -0.05) is 6.07 Å². The molecular weight excluding hydrogens is 312 g/mol. The van der Waals surface area contributed by atoms with E-state index in [2.05, 4.69) is 16.5 Å². The zero-order valence-corrected chi connectivity index (χ0v) is 13.7. The van der Waals surface area contributed by atoms with Crippen LogP contribution in [0.4, 0.5) is 10.5 Å². The third-order valence-electron chi connectivity index (χ3n) is 4.52. The Bertz CT molecular complexity index is 665. The van der Waals surface area contributed by atoms with Crippen molar-refractivity contribution in [2.24, 2.45) is 0 Å². The average Bonchev–Trinajstić information content (AvgIpc) is 3.18. The summed E-state index contributed by atoms with van der Waals surface area (Å²) in [5, 5.41) is 9.34. The Morgan fingerprint density at radius 3 is 3.09 bits per heavy atom. The summed E-state index contributed by atoms with van der Waals surface area (Å²) in [4.78, 5) is 15.5. The molecule has 4 rings (SSSR count). The van der Waals surface area contributed by atoms with Crippen LogP contribution in [0.15, 0.2) is 29.9 Å². The molecule has 2 aromatic rings. The van der Waals surface area contributed by atoms with Crippen LogP contribution in [0, 0.1) is 0 Å². The number of urea groups is 1. The number of rotatable bonds is 3. The van der Waals surface area contributed by atoms with Gasteiger partial charge in [0.05, 0.1) is 31.1 Å². The zero-order chi connectivity index (χ0) is 15.6. The van der Waals surface area contributed by atoms with Crippen molar-refractivity contribution in [3.8, 4) is 0 Å². The average molecular weight is 332 g/mol. The van der Waals surface area contributed by atoms with Crippen LogP contribution in [0.2, 0.25) is 0 Å². The van der Waals surface area contributed by atoms with Crippen molar-refractivity contribution in [3.05, 3.63) is 34.8 Å². The fourth-order valence-electron chi connectivity index (χ4n) is 2.94. The minimum absolute atomic E-state index is 0.0211. The van der Waals surface area contributed by atoms with Gasteiger partial charge in [-0.3, -0.25) is 4.68 Å². The van der Waals surface area contributed by atoms with Gasteiger partial charge in [0, 0.05) is 17.6 Å². The highest BCUT2D eigenvalue weighted by Crippen LogP contribution is 2.31. The Kier molecular flexibility index (Phi) is 4.05. The quantitative estimate of drug-likeness (QED) is 0.938. The van der Waals surface area contributed by atoms with Gasteiger partial charge in [-0.15, -0.1) is 11.3 Å². The molecule has 122 valence electrons. The number of carbonyl (C=O) groups is 1. The fraction of sp³-hybridized carbons (Fsp3) is 0.500. The smallest absolute Gasteiger partial charge is 0.322 e. The molecule has 1 saturated heterocycles. The van der Waals surface area contributed by atoms with Crippen LogP contribution < -0.4 is 5.32 Å². The molecule has 1 aliphatic carbocycles. The third-order valence-corrected chi connectivity index (χ3v) is 5.48. The van der Waals surface area contributed by atoms with Gasteiger partial charge in [0.15, 0.2) is 0 Å². The van der Waals surface area contributed by atoms with E-state index < -0.39 is 0 Å². The molecule has 2 fully saturated rings. The second kappa shape index (κ2) is 6.33. The first-order valence-electron chi connectivity index (χ1n) is 8.05. The predicted molar refractivity (Wildman–Crippen MR) is 88.7 cm³/mol. The van der Waals surface area contributed by atoms with Gasteiger partial charge in [0.25, 0.3) is 0 Å². The van der Waals surface area contributed by atoms with Gasteiger partial charge in [0.2, 0.25) is 0 Å². The molecule has 0 radical (unpaired) electrons. The fourth-order valence-corrected chi connectivity index (χ4v) is 3.70. The van der Waals surface area contributed by atoms with Crippen molar-refractivity contribution in [3.63, 3.8) is 0 Å². The van der Waals surface area contributed by atoms with Gasteiger partial charge in [-0.05, 0) is 30.7 Å². The Labute approximate surface area is 139 Å². The number of nitrogens with zero attached hydrogens (tertiary/aromatic N) is 3. The van der Waals surface area contributed by atoms with Crippen molar-refractivity contribution in [2.45, 2.75) is 31.4 Å². The van der Waals surface area contributed by atoms with Crippen molar-refractivity contribution in [1.29, 1.82) is 0 Å². The number of hydrogen-bond donors (Lipinski definition) is 1. The lowest BCUT2D eigenvalue weighted by atomic mass is 9.93. The SMILES string of the molecule is O=C(Nc1cnn(C2CCC2)c1)N1CCOC(c2cccs2)C1. The van der Waals surface area contributed by atoms with E-state index in [1.165, 1.54) is 24.1 Å². The van der Waals surface area contributed by atoms with Crippen LogP contribution in [-0.4, -0.2) is 40.4 Å². The van der Waals surface area contributed by atoms with Gasteiger partial charge in [-0.2, -0.15) is 5.10 Å². The molecule has 2 aliphatic rings. The molecule has 1 unspecified atom stereocenters. The van der Waals surface area contributed by atoms with Gasteiger partial charge in [0.1, 0.15) is 6.10 Å². The molecule has 1 N–H and O–H groups in total. The molecular formula is C16H20N4O2S. The minimum atomic E-state index is -0.0805. The molecule has 7 heteroatoms. The molecule has 1 aliphatic heterocycles. The van der Waals surface area contributed by atoms with E-state index in [1.807, 2.05) is 27.2 Å². The maximum Gasteiger partial charge on any atom is 0.322 e. The van der Waals surface area contributed by atoms with E-state index in [4.69, 9.17) is 4.74 Å². The van der Waals surface area contributed by atoms with Gasteiger partial charge < -0.3 is 15.0 Å². The summed E-state index contributed by atoms with van der Waals surface area (Å²) in [6.45, 7) is 1.77. The number of thiophene rings is 1. The molecule has 0 bridgehead atoms. The molecule has 1 atom stereocenters. The number of morpholine rings is 1. The summed E-state index contributed by atoms with van der Waals surface area (Å²) in [6, 6.07) is 4.49. The van der Waals surface area contributed by atoms with Gasteiger partial charge >= 0.3 is 6.03 Å². The van der Waals surface area contributed by atoms with E-state index in [1.54, 1.807) is 17.5 Å². The van der Waals surface area contributed by atoms with E-state index >= 15 is 0 Å². The van der Waals surface area contributed by atoms with Gasteiger partial charge in [-0.25, -0.2) is 4.79 Å². The molecule has 2 aromatic heterocycles. The zero-order valence-electron chi connectivity index (χ0n) is 12.9. The summed E-state index contributed by atoms with van der Waals surface area (Å²) < 4.78 is 7.75. The number of ether oxygens (including phenoxy) is 1. The monoisotopic (exact) mass is 332 g/mol. The largest absolute Gasteiger partial charge is 0.369 e. The molecule has 2 amide bonds.